The maximum absolute atomic E-state index is 11.3. The summed E-state index contributed by atoms with van der Waals surface area (Å²) in [5.74, 6) is 0.960. The summed E-state index contributed by atoms with van der Waals surface area (Å²) in [4.78, 5) is 15.4. The van der Waals surface area contributed by atoms with Gasteiger partial charge in [-0.2, -0.15) is 0 Å². The van der Waals surface area contributed by atoms with Gasteiger partial charge in [-0.3, -0.25) is 4.79 Å². The van der Waals surface area contributed by atoms with Crippen LogP contribution < -0.4 is 5.32 Å². The highest BCUT2D eigenvalue weighted by atomic mass is 16.2. The highest BCUT2D eigenvalue weighted by molar-refractivity contribution is 5.75. The van der Waals surface area contributed by atoms with E-state index in [1.54, 1.807) is 19.0 Å². The van der Waals surface area contributed by atoms with Gasteiger partial charge in [0.1, 0.15) is 0 Å². The van der Waals surface area contributed by atoms with Crippen molar-refractivity contribution in [1.29, 1.82) is 0 Å². The van der Waals surface area contributed by atoms with Crippen molar-refractivity contribution in [2.24, 2.45) is 5.92 Å². The first-order valence-corrected chi connectivity index (χ1v) is 6.19. The molecule has 0 aromatic carbocycles. The molecule has 1 atom stereocenters. The van der Waals surface area contributed by atoms with Gasteiger partial charge in [-0.05, 0) is 38.9 Å². The Hall–Kier alpha value is -0.610. The molecule has 1 fully saturated rings. The largest absolute Gasteiger partial charge is 0.349 e. The van der Waals surface area contributed by atoms with Crippen LogP contribution in [-0.4, -0.2) is 63.0 Å². The van der Waals surface area contributed by atoms with Gasteiger partial charge in [0.05, 0.1) is 0 Å². The fourth-order valence-electron chi connectivity index (χ4n) is 2.16. The van der Waals surface area contributed by atoms with Crippen LogP contribution in [0.4, 0.5) is 0 Å². The Labute approximate surface area is 99.0 Å². The second-order valence-corrected chi connectivity index (χ2v) is 5.01. The summed E-state index contributed by atoms with van der Waals surface area (Å²) in [6, 6.07) is 0. The number of carbonyl (C=O) groups is 1. The average molecular weight is 227 g/mol. The van der Waals surface area contributed by atoms with E-state index >= 15 is 0 Å². The monoisotopic (exact) mass is 227 g/mol. The third kappa shape index (κ3) is 4.94. The van der Waals surface area contributed by atoms with Crippen LogP contribution in [0.15, 0.2) is 0 Å². The van der Waals surface area contributed by atoms with Gasteiger partial charge >= 0.3 is 0 Å². The number of likely N-dealkylation sites (tertiary alicyclic amines) is 1. The van der Waals surface area contributed by atoms with Crippen LogP contribution in [0.2, 0.25) is 0 Å². The summed E-state index contributed by atoms with van der Waals surface area (Å²) < 4.78 is 0. The second-order valence-electron chi connectivity index (χ2n) is 5.01. The van der Waals surface area contributed by atoms with Crippen molar-refractivity contribution in [3.63, 3.8) is 0 Å². The van der Waals surface area contributed by atoms with Gasteiger partial charge in [-0.25, -0.2) is 0 Å². The van der Waals surface area contributed by atoms with Crippen LogP contribution in [-0.2, 0) is 4.79 Å². The number of rotatable bonds is 5. The molecule has 0 saturated carbocycles. The third-order valence-corrected chi connectivity index (χ3v) is 3.17. The summed E-state index contributed by atoms with van der Waals surface area (Å²) in [5.41, 5.74) is 0. The van der Waals surface area contributed by atoms with E-state index in [9.17, 15) is 4.79 Å². The van der Waals surface area contributed by atoms with Crippen LogP contribution in [0.5, 0.6) is 0 Å². The molecular weight excluding hydrogens is 202 g/mol. The minimum atomic E-state index is 0.202. The summed E-state index contributed by atoms with van der Waals surface area (Å²) in [7, 11) is 5.79. The number of hydrogen-bond acceptors (Lipinski definition) is 3. The van der Waals surface area contributed by atoms with Crippen LogP contribution in [0.25, 0.3) is 0 Å². The zero-order valence-corrected chi connectivity index (χ0v) is 10.8. The van der Waals surface area contributed by atoms with Gasteiger partial charge in [-0.1, -0.05) is 0 Å². The smallest absolute Gasteiger partial charge is 0.223 e. The first kappa shape index (κ1) is 13.5. The fraction of sp³-hybridized carbons (Fsp3) is 0.917. The maximum Gasteiger partial charge on any atom is 0.223 e. The molecule has 4 heteroatoms. The Kier molecular flexibility index (Phi) is 5.77. The molecule has 0 aromatic rings. The standard InChI is InChI=1S/C12H25N3O/c1-14(2)12(16)6-7-13-9-11-5-4-8-15(3)10-11/h11,13H,4-10H2,1-3H3. The molecule has 1 unspecified atom stereocenters. The molecule has 1 amide bonds. The normalized spacial score (nSPS) is 22.1. The lowest BCUT2D eigenvalue weighted by atomic mass is 9.98. The van der Waals surface area contributed by atoms with Crippen molar-refractivity contribution >= 4 is 5.91 Å². The lowest BCUT2D eigenvalue weighted by Gasteiger charge is -2.29. The van der Waals surface area contributed by atoms with E-state index in [0.29, 0.717) is 6.42 Å². The van der Waals surface area contributed by atoms with E-state index in [4.69, 9.17) is 0 Å². The molecule has 4 nitrogen and oxygen atoms in total. The Morgan fingerprint density at radius 3 is 2.88 bits per heavy atom. The van der Waals surface area contributed by atoms with Gasteiger partial charge in [0, 0.05) is 33.6 Å². The summed E-state index contributed by atoms with van der Waals surface area (Å²) in [5, 5.41) is 3.39. The van der Waals surface area contributed by atoms with Crippen molar-refractivity contribution < 1.29 is 4.79 Å². The van der Waals surface area contributed by atoms with E-state index < -0.39 is 0 Å². The van der Waals surface area contributed by atoms with Crippen LogP contribution in [0.1, 0.15) is 19.3 Å². The molecule has 1 aliphatic rings. The molecule has 0 bridgehead atoms. The number of piperidine rings is 1. The summed E-state index contributed by atoms with van der Waals surface area (Å²) in [6.07, 6.45) is 3.23. The Morgan fingerprint density at radius 2 is 2.25 bits per heavy atom. The molecule has 16 heavy (non-hydrogen) atoms. The van der Waals surface area contributed by atoms with Gasteiger partial charge in [-0.15, -0.1) is 0 Å². The Balaban J connectivity index is 2.04. The molecule has 0 spiro atoms. The molecule has 0 aromatic heterocycles. The third-order valence-electron chi connectivity index (χ3n) is 3.17. The molecule has 0 aliphatic carbocycles. The SMILES string of the molecule is CN1CCCC(CNCCC(=O)N(C)C)C1. The minimum absolute atomic E-state index is 0.202. The Morgan fingerprint density at radius 1 is 1.50 bits per heavy atom. The van der Waals surface area contributed by atoms with Gasteiger partial charge < -0.3 is 15.1 Å². The summed E-state index contributed by atoms with van der Waals surface area (Å²) in [6.45, 7) is 4.27. The first-order chi connectivity index (χ1) is 7.59. The maximum atomic E-state index is 11.3. The van der Waals surface area contributed by atoms with Crippen molar-refractivity contribution in [3.05, 3.63) is 0 Å². The van der Waals surface area contributed by atoms with Crippen LogP contribution in [0.3, 0.4) is 0 Å². The molecule has 1 N–H and O–H groups in total. The van der Waals surface area contributed by atoms with Crippen molar-refractivity contribution in [2.75, 3.05) is 47.3 Å². The molecule has 1 saturated heterocycles. The average Bonchev–Trinajstić information content (AvgIpc) is 2.24. The van der Waals surface area contributed by atoms with Gasteiger partial charge in [0.2, 0.25) is 5.91 Å². The summed E-state index contributed by atoms with van der Waals surface area (Å²) >= 11 is 0. The molecular formula is C12H25N3O. The number of hydrogen-bond donors (Lipinski definition) is 1. The lowest BCUT2D eigenvalue weighted by molar-refractivity contribution is -0.128. The fourth-order valence-corrected chi connectivity index (χ4v) is 2.16. The van der Waals surface area contributed by atoms with E-state index in [2.05, 4.69) is 17.3 Å². The predicted octanol–water partition coefficient (Wildman–Crippen LogP) is 0.396. The lowest BCUT2D eigenvalue weighted by Crippen LogP contribution is -2.38. The van der Waals surface area contributed by atoms with Crippen molar-refractivity contribution in [2.45, 2.75) is 19.3 Å². The van der Waals surface area contributed by atoms with E-state index in [1.807, 2.05) is 0 Å². The number of nitrogens with one attached hydrogen (secondary N) is 1. The van der Waals surface area contributed by atoms with E-state index in [1.165, 1.54) is 25.9 Å². The highest BCUT2D eigenvalue weighted by Gasteiger charge is 2.16. The van der Waals surface area contributed by atoms with Gasteiger partial charge in [0.25, 0.3) is 0 Å². The van der Waals surface area contributed by atoms with Crippen molar-refractivity contribution in [3.8, 4) is 0 Å². The highest BCUT2D eigenvalue weighted by Crippen LogP contribution is 2.13. The quantitative estimate of drug-likeness (QED) is 0.690. The first-order valence-electron chi connectivity index (χ1n) is 6.19. The number of amides is 1. The molecule has 1 aliphatic heterocycles. The Bertz CT molecular complexity index is 218. The molecule has 1 rings (SSSR count). The minimum Gasteiger partial charge on any atom is -0.349 e. The molecule has 94 valence electrons. The topological polar surface area (TPSA) is 35.6 Å². The van der Waals surface area contributed by atoms with Crippen molar-refractivity contribution in [1.82, 2.24) is 15.1 Å². The number of nitrogens with zero attached hydrogens (tertiary/aromatic N) is 2. The molecule has 0 radical (unpaired) electrons. The zero-order valence-electron chi connectivity index (χ0n) is 10.8. The second kappa shape index (κ2) is 6.86. The number of carbonyl (C=O) groups excluding carboxylic acids is 1. The van der Waals surface area contributed by atoms with Crippen LogP contribution in [0, 0.1) is 5.92 Å². The predicted molar refractivity (Wildman–Crippen MR) is 66.4 cm³/mol. The van der Waals surface area contributed by atoms with Crippen LogP contribution >= 0.6 is 0 Å². The van der Waals surface area contributed by atoms with E-state index in [0.717, 1.165) is 19.0 Å². The molecule has 1 heterocycles. The zero-order chi connectivity index (χ0) is 12.0. The van der Waals surface area contributed by atoms with E-state index in [-0.39, 0.29) is 5.91 Å². The van der Waals surface area contributed by atoms with Gasteiger partial charge in [0.15, 0.2) is 0 Å².